The zero-order chi connectivity index (χ0) is 15.1. The number of hydrogen-bond donors (Lipinski definition) is 1. The Labute approximate surface area is 131 Å². The molecule has 116 valence electrons. The number of benzene rings is 1. The summed E-state index contributed by atoms with van der Waals surface area (Å²) in [5, 5.41) is 3.09. The maximum absolute atomic E-state index is 12.3. The summed E-state index contributed by atoms with van der Waals surface area (Å²) >= 11 is 1.87. The van der Waals surface area contributed by atoms with E-state index in [1.807, 2.05) is 53.9 Å². The lowest BCUT2D eigenvalue weighted by Gasteiger charge is -2.35. The predicted molar refractivity (Wildman–Crippen MR) is 89.8 cm³/mol. The molecule has 0 bridgehead atoms. The van der Waals surface area contributed by atoms with E-state index in [-0.39, 0.29) is 12.1 Å². The van der Waals surface area contributed by atoms with Crippen molar-refractivity contribution in [2.75, 3.05) is 44.7 Å². The largest absolute Gasteiger partial charge is 0.331 e. The second kappa shape index (κ2) is 8.29. The zero-order valence-corrected chi connectivity index (χ0v) is 13.7. The lowest BCUT2D eigenvalue weighted by Crippen LogP contribution is -2.52. The Kier molecular flexibility index (Phi) is 6.39. The summed E-state index contributed by atoms with van der Waals surface area (Å²) in [6, 6.07) is 10.2. The van der Waals surface area contributed by atoms with Gasteiger partial charge in [-0.25, -0.2) is 4.79 Å². The van der Waals surface area contributed by atoms with Gasteiger partial charge in [0, 0.05) is 38.5 Å². The third-order valence-electron chi connectivity index (χ3n) is 3.91. The minimum absolute atomic E-state index is 0.0493. The van der Waals surface area contributed by atoms with E-state index in [9.17, 15) is 4.79 Å². The smallest absolute Gasteiger partial charge is 0.317 e. The number of amides is 2. The van der Waals surface area contributed by atoms with E-state index in [0.29, 0.717) is 0 Å². The maximum atomic E-state index is 12.3. The van der Waals surface area contributed by atoms with Crippen LogP contribution in [0.15, 0.2) is 30.3 Å². The van der Waals surface area contributed by atoms with Gasteiger partial charge < -0.3 is 10.2 Å². The number of piperazine rings is 1. The molecule has 21 heavy (non-hydrogen) atoms. The third-order valence-corrected chi connectivity index (χ3v) is 4.50. The number of carbonyl (C=O) groups is 1. The SMILES string of the molecule is CSCCN1CCN(C(=O)N[C@H](C)c2ccccc2)CC1. The number of rotatable bonds is 5. The molecule has 1 fully saturated rings. The second-order valence-electron chi connectivity index (χ2n) is 5.40. The van der Waals surface area contributed by atoms with E-state index in [1.54, 1.807) is 0 Å². The molecule has 1 N–H and O–H groups in total. The van der Waals surface area contributed by atoms with Gasteiger partial charge in [0.1, 0.15) is 0 Å². The lowest BCUT2D eigenvalue weighted by molar-refractivity contribution is 0.142. The van der Waals surface area contributed by atoms with Gasteiger partial charge in [0.05, 0.1) is 6.04 Å². The Morgan fingerprint density at radius 1 is 1.24 bits per heavy atom. The minimum Gasteiger partial charge on any atom is -0.331 e. The van der Waals surface area contributed by atoms with Crippen LogP contribution < -0.4 is 5.32 Å². The van der Waals surface area contributed by atoms with Crippen LogP contribution in [0.3, 0.4) is 0 Å². The highest BCUT2D eigenvalue weighted by atomic mass is 32.2. The molecule has 2 amide bonds. The summed E-state index contributed by atoms with van der Waals surface area (Å²) in [6.45, 7) is 6.75. The van der Waals surface area contributed by atoms with Gasteiger partial charge in [-0.3, -0.25) is 4.90 Å². The first-order valence-electron chi connectivity index (χ1n) is 7.52. The fraction of sp³-hybridized carbons (Fsp3) is 0.562. The first-order valence-corrected chi connectivity index (χ1v) is 8.92. The number of nitrogens with one attached hydrogen (secondary N) is 1. The first-order chi connectivity index (χ1) is 10.2. The van der Waals surface area contributed by atoms with Crippen LogP contribution in [-0.4, -0.2) is 60.6 Å². The van der Waals surface area contributed by atoms with Crippen LogP contribution in [0.5, 0.6) is 0 Å². The molecule has 1 aromatic rings. The van der Waals surface area contributed by atoms with Gasteiger partial charge in [-0.2, -0.15) is 11.8 Å². The standard InChI is InChI=1S/C16H25N3OS/c1-14(15-6-4-3-5-7-15)17-16(20)19-10-8-18(9-11-19)12-13-21-2/h3-7,14H,8-13H2,1-2H3,(H,17,20)/t14-/m1/s1. The number of carbonyl (C=O) groups excluding carboxylic acids is 1. The topological polar surface area (TPSA) is 35.6 Å². The number of urea groups is 1. The van der Waals surface area contributed by atoms with Crippen molar-refractivity contribution in [3.63, 3.8) is 0 Å². The highest BCUT2D eigenvalue weighted by Crippen LogP contribution is 2.12. The molecular formula is C16H25N3OS. The van der Waals surface area contributed by atoms with Crippen molar-refractivity contribution in [2.45, 2.75) is 13.0 Å². The van der Waals surface area contributed by atoms with E-state index in [4.69, 9.17) is 0 Å². The van der Waals surface area contributed by atoms with Crippen LogP contribution in [0.2, 0.25) is 0 Å². The molecule has 0 radical (unpaired) electrons. The molecule has 0 spiro atoms. The van der Waals surface area contributed by atoms with Gasteiger partial charge in [-0.15, -0.1) is 0 Å². The van der Waals surface area contributed by atoms with Crippen LogP contribution in [0, 0.1) is 0 Å². The maximum Gasteiger partial charge on any atom is 0.317 e. The van der Waals surface area contributed by atoms with Gasteiger partial charge in [-0.1, -0.05) is 30.3 Å². The normalized spacial score (nSPS) is 17.5. The van der Waals surface area contributed by atoms with Crippen LogP contribution in [0.25, 0.3) is 0 Å². The van der Waals surface area contributed by atoms with E-state index in [1.165, 1.54) is 0 Å². The van der Waals surface area contributed by atoms with E-state index in [2.05, 4.69) is 16.5 Å². The molecule has 1 aliphatic heterocycles. The average Bonchev–Trinajstić information content (AvgIpc) is 2.54. The number of nitrogens with zero attached hydrogens (tertiary/aromatic N) is 2. The molecule has 1 heterocycles. The summed E-state index contributed by atoms with van der Waals surface area (Å²) in [5.74, 6) is 1.16. The van der Waals surface area contributed by atoms with Crippen molar-refractivity contribution in [3.8, 4) is 0 Å². The van der Waals surface area contributed by atoms with Crippen molar-refractivity contribution in [1.29, 1.82) is 0 Å². The summed E-state index contributed by atoms with van der Waals surface area (Å²) in [4.78, 5) is 16.7. The Bertz CT molecular complexity index is 432. The van der Waals surface area contributed by atoms with Crippen molar-refractivity contribution < 1.29 is 4.79 Å². The molecule has 0 saturated carbocycles. The quantitative estimate of drug-likeness (QED) is 0.907. The van der Waals surface area contributed by atoms with Crippen LogP contribution in [0.4, 0.5) is 4.79 Å². The van der Waals surface area contributed by atoms with E-state index >= 15 is 0 Å². The summed E-state index contributed by atoms with van der Waals surface area (Å²) in [5.41, 5.74) is 1.14. The second-order valence-corrected chi connectivity index (χ2v) is 6.39. The third kappa shape index (κ3) is 4.93. The summed E-state index contributed by atoms with van der Waals surface area (Å²) < 4.78 is 0. The minimum atomic E-state index is 0.0493. The van der Waals surface area contributed by atoms with Crippen LogP contribution >= 0.6 is 11.8 Å². The monoisotopic (exact) mass is 307 g/mol. The van der Waals surface area contributed by atoms with Gasteiger partial charge in [0.2, 0.25) is 0 Å². The van der Waals surface area contributed by atoms with Gasteiger partial charge >= 0.3 is 6.03 Å². The number of thioether (sulfide) groups is 1. The van der Waals surface area contributed by atoms with Crippen molar-refractivity contribution in [3.05, 3.63) is 35.9 Å². The molecule has 2 rings (SSSR count). The molecule has 0 aliphatic carbocycles. The van der Waals surface area contributed by atoms with E-state index in [0.717, 1.165) is 44.0 Å². The van der Waals surface area contributed by atoms with E-state index < -0.39 is 0 Å². The molecule has 0 unspecified atom stereocenters. The number of hydrogen-bond acceptors (Lipinski definition) is 3. The Balaban J connectivity index is 1.77. The first kappa shape index (κ1) is 16.2. The Morgan fingerprint density at radius 3 is 2.52 bits per heavy atom. The highest BCUT2D eigenvalue weighted by molar-refractivity contribution is 7.98. The van der Waals surface area contributed by atoms with Crippen molar-refractivity contribution >= 4 is 17.8 Å². The molecule has 1 saturated heterocycles. The Hall–Kier alpha value is -1.20. The molecule has 1 atom stereocenters. The zero-order valence-electron chi connectivity index (χ0n) is 12.9. The van der Waals surface area contributed by atoms with Crippen LogP contribution in [0.1, 0.15) is 18.5 Å². The molecular weight excluding hydrogens is 282 g/mol. The van der Waals surface area contributed by atoms with Gasteiger partial charge in [0.25, 0.3) is 0 Å². The summed E-state index contributed by atoms with van der Waals surface area (Å²) in [6.07, 6.45) is 2.13. The predicted octanol–water partition coefficient (Wildman–Crippen LogP) is 2.44. The van der Waals surface area contributed by atoms with Gasteiger partial charge in [0.15, 0.2) is 0 Å². The molecule has 5 heteroatoms. The van der Waals surface area contributed by atoms with Gasteiger partial charge in [-0.05, 0) is 18.7 Å². The van der Waals surface area contributed by atoms with Crippen molar-refractivity contribution in [2.24, 2.45) is 0 Å². The fourth-order valence-corrected chi connectivity index (χ4v) is 2.94. The lowest BCUT2D eigenvalue weighted by atomic mass is 10.1. The molecule has 4 nitrogen and oxygen atoms in total. The Morgan fingerprint density at radius 2 is 1.90 bits per heavy atom. The van der Waals surface area contributed by atoms with Crippen LogP contribution in [-0.2, 0) is 0 Å². The fourth-order valence-electron chi connectivity index (χ4n) is 2.50. The molecule has 1 aliphatic rings. The molecule has 1 aromatic carbocycles. The average molecular weight is 307 g/mol. The molecule has 0 aromatic heterocycles. The van der Waals surface area contributed by atoms with Crippen molar-refractivity contribution in [1.82, 2.24) is 15.1 Å². The summed E-state index contributed by atoms with van der Waals surface area (Å²) in [7, 11) is 0. The highest BCUT2D eigenvalue weighted by Gasteiger charge is 2.21.